The molecule has 1 aromatic carbocycles. The minimum absolute atomic E-state index is 0.128. The Hall–Kier alpha value is -2.80. The Bertz CT molecular complexity index is 932. The summed E-state index contributed by atoms with van der Waals surface area (Å²) in [6.07, 6.45) is 6.12. The third kappa shape index (κ3) is 2.63. The summed E-state index contributed by atoms with van der Waals surface area (Å²) in [6.45, 7) is 2.13. The number of nitrogens with zero attached hydrogens (tertiary/aromatic N) is 5. The van der Waals surface area contributed by atoms with Gasteiger partial charge in [0.1, 0.15) is 17.2 Å². The van der Waals surface area contributed by atoms with Gasteiger partial charge in [-0.25, -0.2) is 19.6 Å². The molecule has 3 heterocycles. The molecule has 0 aliphatic rings. The van der Waals surface area contributed by atoms with Crippen molar-refractivity contribution in [2.45, 2.75) is 19.4 Å². The zero-order valence-corrected chi connectivity index (χ0v) is 13.9. The van der Waals surface area contributed by atoms with Crippen LogP contribution in [0.15, 0.2) is 54.4 Å². The molecule has 0 bridgehead atoms. The molecule has 0 saturated heterocycles. The fourth-order valence-corrected chi connectivity index (χ4v) is 3.40. The van der Waals surface area contributed by atoms with E-state index in [0.29, 0.717) is 0 Å². The van der Waals surface area contributed by atoms with Gasteiger partial charge in [-0.3, -0.25) is 0 Å². The van der Waals surface area contributed by atoms with Crippen LogP contribution in [0.4, 0.5) is 5.82 Å². The second-order valence-corrected chi connectivity index (χ2v) is 6.25. The largest absolute Gasteiger partial charge is 0.360 e. The van der Waals surface area contributed by atoms with E-state index in [9.17, 15) is 0 Å². The standard InChI is InChI=1S/C17H16N6S/c1-2-14(17-18-8-9-24-17)22-15-13-10-21-23(16(13)20-11-19-15)12-6-4-3-5-7-12/h3-11,14H,2H2,1H3,(H,19,20,22). The van der Waals surface area contributed by atoms with E-state index in [2.05, 4.69) is 32.3 Å². The molecule has 24 heavy (non-hydrogen) atoms. The van der Waals surface area contributed by atoms with Crippen molar-refractivity contribution in [1.29, 1.82) is 0 Å². The number of anilines is 1. The maximum Gasteiger partial charge on any atom is 0.168 e. The number of para-hydroxylation sites is 1. The zero-order chi connectivity index (χ0) is 16.4. The van der Waals surface area contributed by atoms with Crippen molar-refractivity contribution in [2.75, 3.05) is 5.32 Å². The van der Waals surface area contributed by atoms with E-state index in [1.807, 2.05) is 46.6 Å². The van der Waals surface area contributed by atoms with Gasteiger partial charge >= 0.3 is 0 Å². The van der Waals surface area contributed by atoms with Gasteiger partial charge in [-0.1, -0.05) is 25.1 Å². The van der Waals surface area contributed by atoms with Crippen molar-refractivity contribution in [2.24, 2.45) is 0 Å². The summed E-state index contributed by atoms with van der Waals surface area (Å²) in [5.41, 5.74) is 1.76. The second kappa shape index (κ2) is 6.37. The van der Waals surface area contributed by atoms with Crippen LogP contribution in [0.25, 0.3) is 16.7 Å². The van der Waals surface area contributed by atoms with Gasteiger partial charge in [-0.2, -0.15) is 5.10 Å². The van der Waals surface area contributed by atoms with Gasteiger partial charge in [-0.15, -0.1) is 11.3 Å². The summed E-state index contributed by atoms with van der Waals surface area (Å²) in [7, 11) is 0. The van der Waals surface area contributed by atoms with E-state index in [4.69, 9.17) is 0 Å². The SMILES string of the molecule is CCC(Nc1ncnc2c1cnn2-c1ccccc1)c1nccs1. The number of benzene rings is 1. The number of aromatic nitrogens is 5. The minimum atomic E-state index is 0.128. The molecule has 1 atom stereocenters. The van der Waals surface area contributed by atoms with Crippen molar-refractivity contribution in [3.05, 3.63) is 59.4 Å². The lowest BCUT2D eigenvalue weighted by Crippen LogP contribution is -2.11. The summed E-state index contributed by atoms with van der Waals surface area (Å²) >= 11 is 1.64. The number of hydrogen-bond donors (Lipinski definition) is 1. The molecule has 0 saturated carbocycles. The molecule has 1 unspecified atom stereocenters. The van der Waals surface area contributed by atoms with E-state index < -0.39 is 0 Å². The predicted octanol–water partition coefficient (Wildman–Crippen LogP) is 3.84. The lowest BCUT2D eigenvalue weighted by Gasteiger charge is -2.15. The van der Waals surface area contributed by atoms with E-state index in [1.165, 1.54) is 0 Å². The summed E-state index contributed by atoms with van der Waals surface area (Å²) in [4.78, 5) is 13.2. The molecular weight excluding hydrogens is 320 g/mol. The van der Waals surface area contributed by atoms with Gasteiger partial charge < -0.3 is 5.32 Å². The molecule has 0 radical (unpaired) electrons. The lowest BCUT2D eigenvalue weighted by atomic mass is 10.2. The normalized spacial score (nSPS) is 12.4. The van der Waals surface area contributed by atoms with Crippen LogP contribution in [-0.4, -0.2) is 24.7 Å². The predicted molar refractivity (Wildman–Crippen MR) is 95.4 cm³/mol. The van der Waals surface area contributed by atoms with Gasteiger partial charge in [-0.05, 0) is 18.6 Å². The van der Waals surface area contributed by atoms with Gasteiger partial charge in [0.2, 0.25) is 0 Å². The van der Waals surface area contributed by atoms with Gasteiger partial charge in [0, 0.05) is 11.6 Å². The third-order valence-corrected chi connectivity index (χ3v) is 4.72. The van der Waals surface area contributed by atoms with Crippen LogP contribution >= 0.6 is 11.3 Å². The summed E-state index contributed by atoms with van der Waals surface area (Å²) in [6, 6.07) is 10.1. The van der Waals surface area contributed by atoms with Gasteiger partial charge in [0.15, 0.2) is 5.65 Å². The number of rotatable bonds is 5. The average molecular weight is 336 g/mol. The highest BCUT2D eigenvalue weighted by atomic mass is 32.1. The van der Waals surface area contributed by atoms with Crippen molar-refractivity contribution in [3.63, 3.8) is 0 Å². The Labute approximate surface area is 143 Å². The number of fused-ring (bicyclic) bond motifs is 1. The lowest BCUT2D eigenvalue weighted by molar-refractivity contribution is 0.738. The van der Waals surface area contributed by atoms with Gasteiger partial charge in [0.25, 0.3) is 0 Å². The third-order valence-electron chi connectivity index (χ3n) is 3.84. The maximum absolute atomic E-state index is 4.48. The first-order valence-electron chi connectivity index (χ1n) is 7.77. The van der Waals surface area contributed by atoms with E-state index in [0.717, 1.165) is 34.0 Å². The topological polar surface area (TPSA) is 68.5 Å². The van der Waals surface area contributed by atoms with Crippen LogP contribution in [0.2, 0.25) is 0 Å². The van der Waals surface area contributed by atoms with Crippen molar-refractivity contribution in [1.82, 2.24) is 24.7 Å². The summed E-state index contributed by atoms with van der Waals surface area (Å²) in [5.74, 6) is 0.782. The molecule has 0 spiro atoms. The molecule has 1 N–H and O–H groups in total. The first-order chi connectivity index (χ1) is 11.9. The molecular formula is C17H16N6S. The highest BCUT2D eigenvalue weighted by Gasteiger charge is 2.16. The van der Waals surface area contributed by atoms with Crippen molar-refractivity contribution < 1.29 is 0 Å². The van der Waals surface area contributed by atoms with Crippen molar-refractivity contribution in [3.8, 4) is 5.69 Å². The second-order valence-electron chi connectivity index (χ2n) is 5.33. The Morgan fingerprint density at radius 2 is 2.04 bits per heavy atom. The van der Waals surface area contributed by atoms with Crippen molar-refractivity contribution >= 4 is 28.2 Å². The maximum atomic E-state index is 4.48. The highest BCUT2D eigenvalue weighted by molar-refractivity contribution is 7.09. The quantitative estimate of drug-likeness (QED) is 0.600. The Balaban J connectivity index is 1.74. The molecule has 0 amide bonds. The fourth-order valence-electron chi connectivity index (χ4n) is 2.63. The first-order valence-corrected chi connectivity index (χ1v) is 8.65. The Morgan fingerprint density at radius 3 is 2.79 bits per heavy atom. The molecule has 0 aliphatic heterocycles. The number of nitrogens with one attached hydrogen (secondary N) is 1. The smallest absolute Gasteiger partial charge is 0.168 e. The first kappa shape index (κ1) is 14.8. The molecule has 7 heteroatoms. The molecule has 0 aliphatic carbocycles. The van der Waals surface area contributed by atoms with E-state index >= 15 is 0 Å². The molecule has 4 rings (SSSR count). The minimum Gasteiger partial charge on any atom is -0.360 e. The van der Waals surface area contributed by atoms with E-state index in [-0.39, 0.29) is 6.04 Å². The monoisotopic (exact) mass is 336 g/mol. The van der Waals surface area contributed by atoms with Crippen LogP contribution in [0.5, 0.6) is 0 Å². The molecule has 0 fully saturated rings. The molecule has 6 nitrogen and oxygen atoms in total. The van der Waals surface area contributed by atoms with Crippen LogP contribution in [0, 0.1) is 0 Å². The number of thiazole rings is 1. The summed E-state index contributed by atoms with van der Waals surface area (Å²) in [5, 5.41) is 11.9. The molecule has 120 valence electrons. The van der Waals surface area contributed by atoms with Crippen LogP contribution < -0.4 is 5.32 Å². The fraction of sp³-hybridized carbons (Fsp3) is 0.176. The zero-order valence-electron chi connectivity index (χ0n) is 13.1. The Morgan fingerprint density at radius 1 is 1.17 bits per heavy atom. The van der Waals surface area contributed by atoms with Crippen LogP contribution in [0.1, 0.15) is 24.4 Å². The molecule has 3 aromatic heterocycles. The van der Waals surface area contributed by atoms with Crippen LogP contribution in [0.3, 0.4) is 0 Å². The van der Waals surface area contributed by atoms with Gasteiger partial charge in [0.05, 0.1) is 23.3 Å². The van der Waals surface area contributed by atoms with Crippen LogP contribution in [-0.2, 0) is 0 Å². The highest BCUT2D eigenvalue weighted by Crippen LogP contribution is 2.27. The summed E-state index contributed by atoms with van der Waals surface area (Å²) < 4.78 is 1.83. The molecule has 4 aromatic rings. The van der Waals surface area contributed by atoms with E-state index in [1.54, 1.807) is 23.9 Å². The average Bonchev–Trinajstić information content (AvgIpc) is 3.30. The Kier molecular flexibility index (Phi) is 3.92. The number of hydrogen-bond acceptors (Lipinski definition) is 6.